The lowest BCUT2D eigenvalue weighted by Crippen LogP contribution is -2.56. The van der Waals surface area contributed by atoms with Crippen molar-refractivity contribution in [3.8, 4) is 11.1 Å². The van der Waals surface area contributed by atoms with Gasteiger partial charge in [0.15, 0.2) is 0 Å². The molecule has 0 aromatic heterocycles. The van der Waals surface area contributed by atoms with Crippen molar-refractivity contribution in [3.05, 3.63) is 59.7 Å². The predicted molar refractivity (Wildman–Crippen MR) is 111 cm³/mol. The number of carbonyl (C=O) groups is 2. The molecule has 2 aliphatic rings. The molecule has 5 nitrogen and oxygen atoms in total. The molecule has 1 amide bonds. The number of piperidine rings is 1. The number of fused-ring (bicyclic) bond motifs is 3. The summed E-state index contributed by atoms with van der Waals surface area (Å²) in [7, 11) is 0. The standard InChI is InChI=1S/C24H27NO4/c1-14-12-15(2)25(16(3)22(14)23(26)27)24(28)29-13-21-19-10-6-4-8-17(19)18-9-5-7-11-20(18)21/h4-11,14-16,21-22H,12-13H2,1-3H3,(H,26,27). The van der Waals surface area contributed by atoms with Crippen LogP contribution in [0, 0.1) is 11.8 Å². The summed E-state index contributed by atoms with van der Waals surface area (Å²) in [5.74, 6) is -1.41. The number of rotatable bonds is 3. The molecular formula is C24H27NO4. The number of likely N-dealkylation sites (tertiary alicyclic amines) is 1. The van der Waals surface area contributed by atoms with Crippen molar-refractivity contribution in [2.75, 3.05) is 6.61 Å². The van der Waals surface area contributed by atoms with Crippen LogP contribution in [0.5, 0.6) is 0 Å². The van der Waals surface area contributed by atoms with E-state index in [-0.39, 0.29) is 24.5 Å². The SMILES string of the molecule is CC1CC(C)N(C(=O)OCC2c3ccccc3-c3ccccc32)C(C)C1C(=O)O. The van der Waals surface area contributed by atoms with Crippen LogP contribution in [0.25, 0.3) is 11.1 Å². The molecule has 5 heteroatoms. The smallest absolute Gasteiger partial charge is 0.410 e. The summed E-state index contributed by atoms with van der Waals surface area (Å²) in [6, 6.07) is 16.0. The third-order valence-corrected chi connectivity index (χ3v) is 6.59. The minimum Gasteiger partial charge on any atom is -0.481 e. The lowest BCUT2D eigenvalue weighted by molar-refractivity contribution is -0.148. The number of carbonyl (C=O) groups excluding carboxylic acids is 1. The Hall–Kier alpha value is -2.82. The Labute approximate surface area is 171 Å². The normalized spacial score (nSPS) is 26.0. The van der Waals surface area contributed by atoms with Crippen LogP contribution in [0.15, 0.2) is 48.5 Å². The largest absolute Gasteiger partial charge is 0.481 e. The zero-order chi connectivity index (χ0) is 20.7. The Morgan fingerprint density at radius 3 is 2.10 bits per heavy atom. The Morgan fingerprint density at radius 2 is 1.55 bits per heavy atom. The van der Waals surface area contributed by atoms with Gasteiger partial charge < -0.3 is 14.7 Å². The number of carboxylic acids is 1. The molecule has 4 unspecified atom stereocenters. The van der Waals surface area contributed by atoms with Crippen LogP contribution in [0.1, 0.15) is 44.2 Å². The van der Waals surface area contributed by atoms with E-state index in [0.29, 0.717) is 6.42 Å². The van der Waals surface area contributed by atoms with E-state index in [2.05, 4.69) is 24.3 Å². The van der Waals surface area contributed by atoms with Gasteiger partial charge in [0, 0.05) is 18.0 Å². The van der Waals surface area contributed by atoms with Crippen molar-refractivity contribution in [1.82, 2.24) is 4.90 Å². The highest BCUT2D eigenvalue weighted by atomic mass is 16.6. The van der Waals surface area contributed by atoms with E-state index in [4.69, 9.17) is 4.74 Å². The third-order valence-electron chi connectivity index (χ3n) is 6.59. The molecule has 1 heterocycles. The maximum Gasteiger partial charge on any atom is 0.410 e. The van der Waals surface area contributed by atoms with Gasteiger partial charge in [-0.25, -0.2) is 4.79 Å². The van der Waals surface area contributed by atoms with E-state index in [9.17, 15) is 14.7 Å². The van der Waals surface area contributed by atoms with Crippen molar-refractivity contribution in [1.29, 1.82) is 0 Å². The van der Waals surface area contributed by atoms with E-state index in [0.717, 1.165) is 0 Å². The summed E-state index contributed by atoms with van der Waals surface area (Å²) in [4.78, 5) is 26.3. The van der Waals surface area contributed by atoms with Gasteiger partial charge in [-0.2, -0.15) is 0 Å². The van der Waals surface area contributed by atoms with Crippen LogP contribution >= 0.6 is 0 Å². The molecule has 2 aromatic rings. The van der Waals surface area contributed by atoms with Gasteiger partial charge in [-0.05, 0) is 48.4 Å². The van der Waals surface area contributed by atoms with Gasteiger partial charge in [0.05, 0.1) is 5.92 Å². The molecule has 0 radical (unpaired) electrons. The van der Waals surface area contributed by atoms with Crippen molar-refractivity contribution < 1.29 is 19.4 Å². The van der Waals surface area contributed by atoms with Crippen LogP contribution in [0.4, 0.5) is 4.79 Å². The van der Waals surface area contributed by atoms with E-state index >= 15 is 0 Å². The van der Waals surface area contributed by atoms with Crippen molar-refractivity contribution in [2.45, 2.75) is 45.2 Å². The highest BCUT2D eigenvalue weighted by molar-refractivity contribution is 5.79. The van der Waals surface area contributed by atoms with Gasteiger partial charge >= 0.3 is 12.1 Å². The van der Waals surface area contributed by atoms with Crippen LogP contribution in [-0.2, 0) is 9.53 Å². The van der Waals surface area contributed by atoms with E-state index in [1.807, 2.05) is 45.0 Å². The summed E-state index contributed by atoms with van der Waals surface area (Å²) in [5.41, 5.74) is 4.70. The highest BCUT2D eigenvalue weighted by Crippen LogP contribution is 2.44. The van der Waals surface area contributed by atoms with Gasteiger partial charge in [0.1, 0.15) is 6.61 Å². The van der Waals surface area contributed by atoms with E-state index in [1.54, 1.807) is 4.90 Å². The van der Waals surface area contributed by atoms with Crippen LogP contribution in [-0.4, -0.2) is 40.8 Å². The fraction of sp³-hybridized carbons (Fsp3) is 0.417. The summed E-state index contributed by atoms with van der Waals surface area (Å²) in [6.45, 7) is 5.97. The van der Waals surface area contributed by atoms with Gasteiger partial charge in [0.2, 0.25) is 0 Å². The highest BCUT2D eigenvalue weighted by Gasteiger charge is 2.44. The number of benzene rings is 2. The summed E-state index contributed by atoms with van der Waals surface area (Å²) in [6.07, 6.45) is 0.232. The van der Waals surface area contributed by atoms with E-state index in [1.165, 1.54) is 22.3 Å². The number of hydrogen-bond acceptors (Lipinski definition) is 3. The average Bonchev–Trinajstić information content (AvgIpc) is 2.99. The van der Waals surface area contributed by atoms with Crippen LogP contribution < -0.4 is 0 Å². The fourth-order valence-electron chi connectivity index (χ4n) is 5.31. The lowest BCUT2D eigenvalue weighted by atomic mass is 9.78. The molecule has 4 rings (SSSR count). The number of carboxylic acid groups (broad SMARTS) is 1. The molecule has 0 bridgehead atoms. The monoisotopic (exact) mass is 393 g/mol. The zero-order valence-electron chi connectivity index (χ0n) is 17.0. The summed E-state index contributed by atoms with van der Waals surface area (Å²) >= 11 is 0. The number of nitrogens with zero attached hydrogens (tertiary/aromatic N) is 1. The third kappa shape index (κ3) is 3.28. The molecule has 152 valence electrons. The quantitative estimate of drug-likeness (QED) is 0.817. The molecule has 0 spiro atoms. The first-order valence-corrected chi connectivity index (χ1v) is 10.3. The van der Waals surface area contributed by atoms with Crippen molar-refractivity contribution >= 4 is 12.1 Å². The summed E-state index contributed by atoms with van der Waals surface area (Å²) in [5, 5.41) is 9.61. The van der Waals surface area contributed by atoms with Crippen LogP contribution in [0.3, 0.4) is 0 Å². The summed E-state index contributed by atoms with van der Waals surface area (Å²) < 4.78 is 5.78. The van der Waals surface area contributed by atoms with Crippen LogP contribution in [0.2, 0.25) is 0 Å². The van der Waals surface area contributed by atoms with Gasteiger partial charge in [-0.3, -0.25) is 4.79 Å². The Balaban J connectivity index is 1.53. The molecule has 1 saturated heterocycles. The maximum atomic E-state index is 13.0. The van der Waals surface area contributed by atoms with Gasteiger partial charge in [-0.15, -0.1) is 0 Å². The number of ether oxygens (including phenoxy) is 1. The first-order chi connectivity index (χ1) is 13.9. The molecule has 1 fully saturated rings. The first-order valence-electron chi connectivity index (χ1n) is 10.3. The number of amides is 1. The molecule has 1 aliphatic carbocycles. The first kappa shape index (κ1) is 19.5. The van der Waals surface area contributed by atoms with E-state index < -0.39 is 24.0 Å². The predicted octanol–water partition coefficient (Wildman–Crippen LogP) is 4.76. The molecular weight excluding hydrogens is 366 g/mol. The lowest BCUT2D eigenvalue weighted by Gasteiger charge is -2.44. The second-order valence-electron chi connectivity index (χ2n) is 8.38. The molecule has 29 heavy (non-hydrogen) atoms. The molecule has 4 atom stereocenters. The second kappa shape index (κ2) is 7.54. The van der Waals surface area contributed by atoms with Crippen molar-refractivity contribution in [3.63, 3.8) is 0 Å². The Kier molecular flexibility index (Phi) is 5.07. The number of aliphatic carboxylic acids is 1. The minimum atomic E-state index is -0.853. The Morgan fingerprint density at radius 1 is 1.00 bits per heavy atom. The topological polar surface area (TPSA) is 66.8 Å². The second-order valence-corrected chi connectivity index (χ2v) is 8.38. The molecule has 0 saturated carbocycles. The minimum absolute atomic E-state index is 0.00375. The molecule has 1 N–H and O–H groups in total. The number of hydrogen-bond donors (Lipinski definition) is 1. The molecule has 2 aromatic carbocycles. The van der Waals surface area contributed by atoms with Gasteiger partial charge in [0.25, 0.3) is 0 Å². The van der Waals surface area contributed by atoms with Crippen molar-refractivity contribution in [2.24, 2.45) is 11.8 Å². The maximum absolute atomic E-state index is 13.0. The van der Waals surface area contributed by atoms with Gasteiger partial charge in [-0.1, -0.05) is 55.5 Å². The fourth-order valence-corrected chi connectivity index (χ4v) is 5.31. The average molecular weight is 393 g/mol. The Bertz CT molecular complexity index is 894. The zero-order valence-corrected chi connectivity index (χ0v) is 17.0. The molecule has 1 aliphatic heterocycles.